The molecule has 0 fully saturated rings. The molecule has 0 saturated heterocycles. The van der Waals surface area contributed by atoms with Crippen molar-refractivity contribution in [2.75, 3.05) is 7.11 Å². The minimum Gasteiger partial charge on any atom is -0.464 e. The molecule has 110 valence electrons. The fourth-order valence-electron chi connectivity index (χ4n) is 1.65. The van der Waals surface area contributed by atoms with Gasteiger partial charge in [-0.3, -0.25) is 10.1 Å². The average molecular weight is 307 g/mol. The molecule has 2 rings (SSSR count). The van der Waals surface area contributed by atoms with E-state index < -0.39 is 10.9 Å². The third kappa shape index (κ3) is 3.40. The molecule has 1 aromatic heterocycles. The number of hydrogen-bond acceptors (Lipinski definition) is 6. The molecule has 21 heavy (non-hydrogen) atoms. The van der Waals surface area contributed by atoms with E-state index in [0.29, 0.717) is 11.7 Å². The molecular formula is C13H13N3O4S. The van der Waals surface area contributed by atoms with E-state index in [0.717, 1.165) is 4.90 Å². The minimum absolute atomic E-state index is 0.0356. The first-order valence-electron chi connectivity index (χ1n) is 6.13. The lowest BCUT2D eigenvalue weighted by atomic mass is 10.3. The predicted octanol–water partition coefficient (Wildman–Crippen LogP) is 2.75. The Kier molecular flexibility index (Phi) is 4.59. The van der Waals surface area contributed by atoms with Crippen LogP contribution >= 0.6 is 11.8 Å². The molecule has 0 spiro atoms. The van der Waals surface area contributed by atoms with Crippen LogP contribution in [0.25, 0.3) is 0 Å². The second-order valence-electron chi connectivity index (χ2n) is 4.04. The largest absolute Gasteiger partial charge is 0.464 e. The van der Waals surface area contributed by atoms with Gasteiger partial charge in [0, 0.05) is 29.8 Å². The number of carbonyl (C=O) groups excluding carboxylic acids is 1. The van der Waals surface area contributed by atoms with Crippen LogP contribution in [0.4, 0.5) is 5.69 Å². The number of methoxy groups -OCH3 is 1. The first-order valence-corrected chi connectivity index (χ1v) is 6.94. The molecule has 7 nitrogen and oxygen atoms in total. The van der Waals surface area contributed by atoms with E-state index in [-0.39, 0.29) is 11.4 Å². The van der Waals surface area contributed by atoms with Crippen molar-refractivity contribution < 1.29 is 14.5 Å². The van der Waals surface area contributed by atoms with Crippen molar-refractivity contribution >= 4 is 23.4 Å². The van der Waals surface area contributed by atoms with Crippen LogP contribution in [0.15, 0.2) is 40.5 Å². The number of imidazole rings is 1. The summed E-state index contributed by atoms with van der Waals surface area (Å²) in [6.45, 7) is 2.59. The summed E-state index contributed by atoms with van der Waals surface area (Å²) < 4.78 is 6.46. The molecule has 0 bridgehead atoms. The summed E-state index contributed by atoms with van der Waals surface area (Å²) in [6, 6.07) is 6.16. The number of aryl methyl sites for hydroxylation is 1. The van der Waals surface area contributed by atoms with E-state index >= 15 is 0 Å². The molecule has 1 aromatic carbocycles. The van der Waals surface area contributed by atoms with Crippen molar-refractivity contribution in [1.29, 1.82) is 0 Å². The molecular weight excluding hydrogens is 294 g/mol. The Morgan fingerprint density at radius 3 is 2.62 bits per heavy atom. The maximum atomic E-state index is 11.5. The van der Waals surface area contributed by atoms with Gasteiger partial charge in [-0.1, -0.05) is 11.8 Å². The Hall–Kier alpha value is -2.35. The van der Waals surface area contributed by atoms with E-state index in [1.54, 1.807) is 18.3 Å². The van der Waals surface area contributed by atoms with Crippen LogP contribution in [-0.2, 0) is 11.3 Å². The monoisotopic (exact) mass is 307 g/mol. The molecule has 0 aliphatic rings. The third-order valence-corrected chi connectivity index (χ3v) is 3.75. The summed E-state index contributed by atoms with van der Waals surface area (Å²) in [6.07, 6.45) is 1.62. The predicted molar refractivity (Wildman–Crippen MR) is 76.5 cm³/mol. The van der Waals surface area contributed by atoms with Crippen molar-refractivity contribution in [2.24, 2.45) is 0 Å². The number of carbonyl (C=O) groups is 1. The lowest BCUT2D eigenvalue weighted by Crippen LogP contribution is -2.01. The highest BCUT2D eigenvalue weighted by Crippen LogP contribution is 2.28. The van der Waals surface area contributed by atoms with Gasteiger partial charge in [-0.2, -0.15) is 0 Å². The zero-order valence-corrected chi connectivity index (χ0v) is 12.3. The second kappa shape index (κ2) is 6.40. The standard InChI is InChI=1S/C13H13N3O4S/c1-3-15-8-11(12(17)20-2)14-13(15)21-10-6-4-9(5-7-10)16(18)19/h4-8H,3H2,1-2H3. The van der Waals surface area contributed by atoms with Crippen LogP contribution in [-0.4, -0.2) is 27.6 Å². The zero-order chi connectivity index (χ0) is 15.4. The highest BCUT2D eigenvalue weighted by atomic mass is 32.2. The molecule has 1 heterocycles. The highest BCUT2D eigenvalue weighted by molar-refractivity contribution is 7.99. The number of ether oxygens (including phenoxy) is 1. The Balaban J connectivity index is 2.24. The average Bonchev–Trinajstić information content (AvgIpc) is 2.90. The molecule has 0 saturated carbocycles. The van der Waals surface area contributed by atoms with E-state index in [1.807, 2.05) is 11.5 Å². The molecule has 0 N–H and O–H groups in total. The van der Waals surface area contributed by atoms with Crippen LogP contribution in [0, 0.1) is 10.1 Å². The SMILES string of the molecule is CCn1cc(C(=O)OC)nc1Sc1ccc([N+](=O)[O-])cc1. The number of nitrogens with zero attached hydrogens (tertiary/aromatic N) is 3. The van der Waals surface area contributed by atoms with Crippen LogP contribution in [0.1, 0.15) is 17.4 Å². The van der Waals surface area contributed by atoms with Gasteiger partial charge >= 0.3 is 5.97 Å². The molecule has 0 amide bonds. The van der Waals surface area contributed by atoms with Gasteiger partial charge in [0.2, 0.25) is 0 Å². The topological polar surface area (TPSA) is 87.3 Å². The Labute approximate surface area is 125 Å². The third-order valence-electron chi connectivity index (χ3n) is 2.73. The molecule has 0 radical (unpaired) electrons. The molecule has 8 heteroatoms. The van der Waals surface area contributed by atoms with Crippen LogP contribution in [0.3, 0.4) is 0 Å². The van der Waals surface area contributed by atoms with E-state index in [1.165, 1.54) is 31.0 Å². The lowest BCUT2D eigenvalue weighted by molar-refractivity contribution is -0.384. The van der Waals surface area contributed by atoms with Gasteiger partial charge in [0.1, 0.15) is 0 Å². The Morgan fingerprint density at radius 2 is 2.10 bits per heavy atom. The number of rotatable bonds is 5. The number of benzene rings is 1. The molecule has 0 aliphatic heterocycles. The van der Waals surface area contributed by atoms with E-state index in [9.17, 15) is 14.9 Å². The summed E-state index contributed by atoms with van der Waals surface area (Å²) >= 11 is 1.33. The van der Waals surface area contributed by atoms with E-state index in [2.05, 4.69) is 9.72 Å². The minimum atomic E-state index is -0.493. The number of esters is 1. The fourth-order valence-corrected chi connectivity index (χ4v) is 2.58. The number of aromatic nitrogens is 2. The van der Waals surface area contributed by atoms with Crippen molar-refractivity contribution in [3.8, 4) is 0 Å². The quantitative estimate of drug-likeness (QED) is 0.479. The Bertz CT molecular complexity index is 667. The summed E-state index contributed by atoms with van der Waals surface area (Å²) in [5.41, 5.74) is 0.275. The highest BCUT2D eigenvalue weighted by Gasteiger charge is 2.15. The summed E-state index contributed by atoms with van der Waals surface area (Å²) in [5, 5.41) is 11.2. The Morgan fingerprint density at radius 1 is 1.43 bits per heavy atom. The normalized spacial score (nSPS) is 10.4. The van der Waals surface area contributed by atoms with Gasteiger partial charge in [0.05, 0.1) is 12.0 Å². The first kappa shape index (κ1) is 15.0. The second-order valence-corrected chi connectivity index (χ2v) is 5.08. The maximum Gasteiger partial charge on any atom is 0.358 e. The van der Waals surface area contributed by atoms with E-state index in [4.69, 9.17) is 0 Å². The molecule has 0 aliphatic carbocycles. The molecule has 0 unspecified atom stereocenters. The number of nitro groups is 1. The maximum absolute atomic E-state index is 11.5. The fraction of sp³-hybridized carbons (Fsp3) is 0.231. The number of nitro benzene ring substituents is 1. The van der Waals surface area contributed by atoms with Crippen LogP contribution in [0.5, 0.6) is 0 Å². The lowest BCUT2D eigenvalue weighted by Gasteiger charge is -2.03. The number of non-ortho nitro benzene ring substituents is 1. The van der Waals surface area contributed by atoms with Crippen molar-refractivity contribution in [3.63, 3.8) is 0 Å². The van der Waals surface area contributed by atoms with Crippen molar-refractivity contribution in [3.05, 3.63) is 46.3 Å². The smallest absolute Gasteiger partial charge is 0.358 e. The van der Waals surface area contributed by atoms with Gasteiger partial charge in [-0.15, -0.1) is 0 Å². The number of hydrogen-bond donors (Lipinski definition) is 0. The van der Waals surface area contributed by atoms with Gasteiger partial charge in [-0.05, 0) is 19.1 Å². The first-order chi connectivity index (χ1) is 10.0. The van der Waals surface area contributed by atoms with Gasteiger partial charge in [0.25, 0.3) is 5.69 Å². The van der Waals surface area contributed by atoms with Gasteiger partial charge < -0.3 is 9.30 Å². The zero-order valence-electron chi connectivity index (χ0n) is 11.5. The van der Waals surface area contributed by atoms with Crippen LogP contribution in [0.2, 0.25) is 0 Å². The van der Waals surface area contributed by atoms with Gasteiger partial charge in [0.15, 0.2) is 10.9 Å². The summed E-state index contributed by atoms with van der Waals surface area (Å²) in [4.78, 5) is 26.7. The van der Waals surface area contributed by atoms with Gasteiger partial charge in [-0.25, -0.2) is 9.78 Å². The van der Waals surface area contributed by atoms with Crippen molar-refractivity contribution in [2.45, 2.75) is 23.5 Å². The van der Waals surface area contributed by atoms with Crippen LogP contribution < -0.4 is 0 Å². The summed E-state index contributed by atoms with van der Waals surface area (Å²) in [7, 11) is 1.30. The molecule has 0 atom stereocenters. The molecule has 2 aromatic rings. The summed E-state index contributed by atoms with van der Waals surface area (Å²) in [5.74, 6) is -0.493. The van der Waals surface area contributed by atoms with Crippen molar-refractivity contribution in [1.82, 2.24) is 9.55 Å².